The third-order valence-electron chi connectivity index (χ3n) is 3.04. The van der Waals surface area contributed by atoms with Gasteiger partial charge in [-0.2, -0.15) is 0 Å². The molecule has 2 rings (SSSR count). The quantitative estimate of drug-likeness (QED) is 0.746. The van der Waals surface area contributed by atoms with Crippen molar-refractivity contribution in [3.63, 3.8) is 0 Å². The molecule has 3 nitrogen and oxygen atoms in total. The summed E-state index contributed by atoms with van der Waals surface area (Å²) in [4.78, 5) is 0. The second kappa shape index (κ2) is 4.22. The van der Waals surface area contributed by atoms with Gasteiger partial charge in [0.25, 0.3) is 0 Å². The van der Waals surface area contributed by atoms with Crippen molar-refractivity contribution < 1.29 is 9.50 Å². The number of aliphatic hydroxyl groups is 1. The van der Waals surface area contributed by atoms with Crippen molar-refractivity contribution >= 4 is 27.3 Å². The maximum Gasteiger partial charge on any atom is 0.139 e. The molecule has 0 atom stereocenters. The van der Waals surface area contributed by atoms with Crippen LogP contribution in [-0.4, -0.2) is 18.3 Å². The molecule has 1 aromatic rings. The molecule has 0 radical (unpaired) electrons. The van der Waals surface area contributed by atoms with Gasteiger partial charge >= 0.3 is 0 Å². The van der Waals surface area contributed by atoms with Crippen LogP contribution < -0.4 is 11.1 Å². The smallest absolute Gasteiger partial charge is 0.139 e. The Morgan fingerprint density at radius 2 is 2.19 bits per heavy atom. The number of nitrogens with one attached hydrogen (secondary N) is 1. The Kier molecular flexibility index (Phi) is 3.08. The Morgan fingerprint density at radius 1 is 1.50 bits per heavy atom. The third kappa shape index (κ3) is 2.30. The summed E-state index contributed by atoms with van der Waals surface area (Å²) < 4.78 is 13.5. The Hall–Kier alpha value is -0.810. The first-order valence-corrected chi connectivity index (χ1v) is 5.95. The maximum absolute atomic E-state index is 13.1. The predicted octanol–water partition coefficient (Wildman–Crippen LogP) is 2.35. The fraction of sp³-hybridized carbons (Fsp3) is 0.455. The van der Waals surface area contributed by atoms with Crippen LogP contribution in [0.1, 0.15) is 12.8 Å². The van der Waals surface area contributed by atoms with E-state index < -0.39 is 0 Å². The zero-order chi connectivity index (χ0) is 11.8. The second-order valence-corrected chi connectivity index (χ2v) is 5.22. The molecular weight excluding hydrogens is 275 g/mol. The highest BCUT2D eigenvalue weighted by atomic mass is 79.9. The third-order valence-corrected chi connectivity index (χ3v) is 3.65. The number of anilines is 2. The Balaban J connectivity index is 2.07. The highest BCUT2D eigenvalue weighted by Gasteiger charge is 2.41. The first-order valence-electron chi connectivity index (χ1n) is 5.16. The molecule has 0 spiro atoms. The van der Waals surface area contributed by atoms with Crippen LogP contribution >= 0.6 is 15.9 Å². The molecule has 1 aliphatic carbocycles. The molecule has 1 fully saturated rings. The van der Waals surface area contributed by atoms with E-state index in [1.807, 2.05) is 0 Å². The van der Waals surface area contributed by atoms with E-state index in [0.29, 0.717) is 22.4 Å². The standard InChI is InChI=1S/C11H14BrFN2O/c12-7-3-10(9(14)4-8(7)13)15-5-11(6-16)1-2-11/h3-4,15-16H,1-2,5-6,14H2. The van der Waals surface area contributed by atoms with Gasteiger partial charge in [-0.1, -0.05) is 0 Å². The van der Waals surface area contributed by atoms with Crippen LogP contribution in [0.25, 0.3) is 0 Å². The van der Waals surface area contributed by atoms with Gasteiger partial charge in [-0.15, -0.1) is 0 Å². The number of aliphatic hydroxyl groups excluding tert-OH is 1. The van der Waals surface area contributed by atoms with Gasteiger partial charge in [-0.3, -0.25) is 0 Å². The molecule has 0 aromatic heterocycles. The van der Waals surface area contributed by atoms with Crippen molar-refractivity contribution in [1.29, 1.82) is 0 Å². The van der Waals surface area contributed by atoms with Crippen LogP contribution in [0.4, 0.5) is 15.8 Å². The van der Waals surface area contributed by atoms with Crippen LogP contribution in [0.15, 0.2) is 16.6 Å². The van der Waals surface area contributed by atoms with E-state index in [9.17, 15) is 4.39 Å². The zero-order valence-corrected chi connectivity index (χ0v) is 10.3. The molecule has 0 unspecified atom stereocenters. The molecule has 16 heavy (non-hydrogen) atoms. The average Bonchev–Trinajstić information content (AvgIpc) is 3.02. The number of rotatable bonds is 4. The van der Waals surface area contributed by atoms with Gasteiger partial charge in [0.1, 0.15) is 5.82 Å². The lowest BCUT2D eigenvalue weighted by Gasteiger charge is -2.15. The number of benzene rings is 1. The number of nitrogens with two attached hydrogens (primary N) is 1. The fourth-order valence-corrected chi connectivity index (χ4v) is 1.91. The van der Waals surface area contributed by atoms with Crippen LogP contribution in [0.3, 0.4) is 0 Å². The van der Waals surface area contributed by atoms with Gasteiger partial charge in [0, 0.05) is 18.0 Å². The molecule has 0 saturated heterocycles. The Labute approximate surface area is 102 Å². The van der Waals surface area contributed by atoms with Crippen molar-refractivity contribution in [1.82, 2.24) is 0 Å². The summed E-state index contributed by atoms with van der Waals surface area (Å²) in [6.07, 6.45) is 2.05. The van der Waals surface area contributed by atoms with E-state index in [2.05, 4.69) is 21.2 Å². The lowest BCUT2D eigenvalue weighted by Crippen LogP contribution is -2.19. The summed E-state index contributed by atoms with van der Waals surface area (Å²) in [6, 6.07) is 2.91. The Morgan fingerprint density at radius 3 is 2.75 bits per heavy atom. The lowest BCUT2D eigenvalue weighted by molar-refractivity contribution is 0.220. The van der Waals surface area contributed by atoms with Crippen LogP contribution in [0.5, 0.6) is 0 Å². The molecule has 1 aliphatic rings. The zero-order valence-electron chi connectivity index (χ0n) is 8.76. The fourth-order valence-electron chi connectivity index (χ4n) is 1.57. The van der Waals surface area contributed by atoms with Crippen molar-refractivity contribution in [3.8, 4) is 0 Å². The van der Waals surface area contributed by atoms with Crippen LogP contribution in [0.2, 0.25) is 0 Å². The molecule has 5 heteroatoms. The monoisotopic (exact) mass is 288 g/mol. The van der Waals surface area contributed by atoms with Crippen molar-refractivity contribution in [3.05, 3.63) is 22.4 Å². The second-order valence-electron chi connectivity index (χ2n) is 4.37. The molecule has 0 heterocycles. The van der Waals surface area contributed by atoms with Gasteiger partial charge in [0.2, 0.25) is 0 Å². The summed E-state index contributed by atoms with van der Waals surface area (Å²) in [5, 5.41) is 12.3. The van der Waals surface area contributed by atoms with Gasteiger partial charge in [-0.05, 0) is 34.8 Å². The first kappa shape index (κ1) is 11.7. The SMILES string of the molecule is Nc1cc(F)c(Br)cc1NCC1(CO)CC1. The highest BCUT2D eigenvalue weighted by Crippen LogP contribution is 2.45. The molecule has 1 saturated carbocycles. The van der Waals surface area contributed by atoms with Crippen molar-refractivity contribution in [2.45, 2.75) is 12.8 Å². The molecule has 88 valence electrons. The van der Waals surface area contributed by atoms with E-state index in [-0.39, 0.29) is 17.8 Å². The molecule has 0 amide bonds. The summed E-state index contributed by atoms with van der Waals surface area (Å²) in [6.45, 7) is 0.855. The molecular formula is C11H14BrFN2O. The summed E-state index contributed by atoms with van der Waals surface area (Å²) in [5.74, 6) is -0.369. The van der Waals surface area contributed by atoms with Gasteiger partial charge < -0.3 is 16.2 Å². The molecule has 4 N–H and O–H groups in total. The summed E-state index contributed by atoms with van der Waals surface area (Å²) in [5.41, 5.74) is 6.79. The minimum Gasteiger partial charge on any atom is -0.397 e. The maximum atomic E-state index is 13.1. The van der Waals surface area contributed by atoms with Crippen molar-refractivity contribution in [2.24, 2.45) is 5.41 Å². The normalized spacial score (nSPS) is 17.2. The van der Waals surface area contributed by atoms with E-state index in [1.54, 1.807) is 6.07 Å². The molecule has 1 aromatic carbocycles. The topological polar surface area (TPSA) is 58.3 Å². The largest absolute Gasteiger partial charge is 0.397 e. The van der Waals surface area contributed by atoms with Crippen molar-refractivity contribution in [2.75, 3.05) is 24.2 Å². The Bertz CT molecular complexity index is 407. The number of nitrogen functional groups attached to an aromatic ring is 1. The minimum atomic E-state index is -0.369. The van der Waals surface area contributed by atoms with Crippen LogP contribution in [0, 0.1) is 11.2 Å². The summed E-state index contributed by atoms with van der Waals surface area (Å²) in [7, 11) is 0. The van der Waals surface area contributed by atoms with E-state index in [0.717, 1.165) is 12.8 Å². The van der Waals surface area contributed by atoms with Gasteiger partial charge in [-0.25, -0.2) is 4.39 Å². The van der Waals surface area contributed by atoms with Crippen LogP contribution in [-0.2, 0) is 0 Å². The lowest BCUT2D eigenvalue weighted by atomic mass is 10.1. The summed E-state index contributed by atoms with van der Waals surface area (Å²) >= 11 is 3.11. The van der Waals surface area contributed by atoms with E-state index >= 15 is 0 Å². The number of hydrogen-bond donors (Lipinski definition) is 3. The average molecular weight is 289 g/mol. The predicted molar refractivity (Wildman–Crippen MR) is 65.8 cm³/mol. The van der Waals surface area contributed by atoms with Gasteiger partial charge in [0.05, 0.1) is 22.5 Å². The first-order chi connectivity index (χ1) is 7.56. The number of halogens is 2. The minimum absolute atomic E-state index is 0.00724. The van der Waals surface area contributed by atoms with E-state index in [4.69, 9.17) is 10.8 Å². The van der Waals surface area contributed by atoms with Gasteiger partial charge in [0.15, 0.2) is 0 Å². The number of hydrogen-bond acceptors (Lipinski definition) is 3. The van der Waals surface area contributed by atoms with E-state index in [1.165, 1.54) is 6.07 Å². The molecule has 0 bridgehead atoms. The highest BCUT2D eigenvalue weighted by molar-refractivity contribution is 9.10. The molecule has 0 aliphatic heterocycles.